The van der Waals surface area contributed by atoms with Crippen molar-refractivity contribution in [2.24, 2.45) is 0 Å². The number of para-hydroxylation sites is 3. The maximum Gasteiger partial charge on any atom is 0.267 e. The number of carbonyl (C=O) groups is 1. The Morgan fingerprint density at radius 3 is 2.30 bits per heavy atom. The van der Waals surface area contributed by atoms with Crippen molar-refractivity contribution in [3.8, 4) is 17.2 Å². The van der Waals surface area contributed by atoms with Gasteiger partial charge >= 0.3 is 0 Å². The summed E-state index contributed by atoms with van der Waals surface area (Å²) in [4.78, 5) is 12.7. The van der Waals surface area contributed by atoms with Gasteiger partial charge in [-0.3, -0.25) is 9.10 Å². The number of anilines is 2. The second-order valence-electron chi connectivity index (χ2n) is 6.80. The van der Waals surface area contributed by atoms with E-state index >= 15 is 0 Å². The number of fused-ring (bicyclic) bond motifs is 1. The van der Waals surface area contributed by atoms with Crippen LogP contribution in [0.15, 0.2) is 78.9 Å². The fourth-order valence-electron chi connectivity index (χ4n) is 3.11. The molecule has 154 valence electrons. The van der Waals surface area contributed by atoms with E-state index in [0.717, 1.165) is 6.26 Å². The van der Waals surface area contributed by atoms with Crippen LogP contribution in [-0.2, 0) is 14.8 Å². The van der Waals surface area contributed by atoms with Crippen LogP contribution in [0.3, 0.4) is 0 Å². The average Bonchev–Trinajstić information content (AvgIpc) is 2.74. The van der Waals surface area contributed by atoms with Gasteiger partial charge in [-0.05, 0) is 48.5 Å². The van der Waals surface area contributed by atoms with Gasteiger partial charge in [0.2, 0.25) is 10.0 Å². The van der Waals surface area contributed by atoms with Crippen molar-refractivity contribution < 1.29 is 22.7 Å². The van der Waals surface area contributed by atoms with Gasteiger partial charge in [-0.15, -0.1) is 0 Å². The van der Waals surface area contributed by atoms with Crippen LogP contribution in [-0.4, -0.2) is 33.2 Å². The predicted octanol–water partition coefficient (Wildman–Crippen LogP) is 3.64. The molecule has 0 unspecified atom stereocenters. The van der Waals surface area contributed by atoms with Crippen LogP contribution in [0.1, 0.15) is 0 Å². The van der Waals surface area contributed by atoms with E-state index in [2.05, 4.69) is 5.32 Å². The van der Waals surface area contributed by atoms with E-state index in [9.17, 15) is 13.2 Å². The summed E-state index contributed by atoms with van der Waals surface area (Å²) in [7, 11) is -3.56. The third-order valence-electron chi connectivity index (χ3n) is 4.53. The van der Waals surface area contributed by atoms with Crippen molar-refractivity contribution in [3.05, 3.63) is 78.9 Å². The molecule has 1 amide bonds. The molecule has 1 aliphatic heterocycles. The van der Waals surface area contributed by atoms with Crippen molar-refractivity contribution >= 4 is 27.3 Å². The Hall–Kier alpha value is -3.52. The SMILES string of the molecule is CS(=O)(=O)N1C[C@@H](C(=O)Nc2ccc(Oc3ccccc3)cc2)Oc2ccccc21. The van der Waals surface area contributed by atoms with Crippen LogP contribution in [0.2, 0.25) is 0 Å². The van der Waals surface area contributed by atoms with Crippen molar-refractivity contribution in [3.63, 3.8) is 0 Å². The maximum absolute atomic E-state index is 12.7. The molecule has 4 rings (SSSR count). The monoisotopic (exact) mass is 424 g/mol. The Kier molecular flexibility index (Phi) is 5.33. The van der Waals surface area contributed by atoms with Crippen LogP contribution in [0.5, 0.6) is 17.2 Å². The van der Waals surface area contributed by atoms with E-state index in [0.29, 0.717) is 28.6 Å². The van der Waals surface area contributed by atoms with Gasteiger partial charge < -0.3 is 14.8 Å². The van der Waals surface area contributed by atoms with Crippen molar-refractivity contribution in [2.45, 2.75) is 6.10 Å². The van der Waals surface area contributed by atoms with Gasteiger partial charge in [0.15, 0.2) is 6.10 Å². The lowest BCUT2D eigenvalue weighted by Gasteiger charge is -2.33. The van der Waals surface area contributed by atoms with Crippen molar-refractivity contribution in [2.75, 3.05) is 22.4 Å². The molecule has 8 heteroatoms. The number of hydrogen-bond acceptors (Lipinski definition) is 5. The Bertz CT molecular complexity index is 1150. The summed E-state index contributed by atoms with van der Waals surface area (Å²) in [6, 6.07) is 23.0. The molecule has 0 aliphatic carbocycles. The summed E-state index contributed by atoms with van der Waals surface area (Å²) in [5.74, 6) is 1.26. The molecule has 0 bridgehead atoms. The lowest BCUT2D eigenvalue weighted by atomic mass is 10.2. The molecule has 30 heavy (non-hydrogen) atoms. The first-order valence-corrected chi connectivity index (χ1v) is 11.1. The van der Waals surface area contributed by atoms with Gasteiger partial charge in [-0.25, -0.2) is 8.42 Å². The molecule has 0 radical (unpaired) electrons. The molecule has 3 aromatic rings. The summed E-state index contributed by atoms with van der Waals surface area (Å²) in [6.45, 7) is -0.100. The minimum absolute atomic E-state index is 0.100. The smallest absolute Gasteiger partial charge is 0.267 e. The minimum atomic E-state index is -3.56. The fourth-order valence-corrected chi connectivity index (χ4v) is 4.02. The molecular weight excluding hydrogens is 404 g/mol. The number of sulfonamides is 1. The van der Waals surface area contributed by atoms with Gasteiger partial charge in [-0.2, -0.15) is 0 Å². The second-order valence-corrected chi connectivity index (χ2v) is 8.70. The lowest BCUT2D eigenvalue weighted by Crippen LogP contribution is -2.48. The normalized spacial score (nSPS) is 15.6. The van der Waals surface area contributed by atoms with Crippen LogP contribution in [0.25, 0.3) is 0 Å². The third kappa shape index (κ3) is 4.38. The summed E-state index contributed by atoms with van der Waals surface area (Å²) < 4.78 is 37.0. The topological polar surface area (TPSA) is 84.9 Å². The number of ether oxygens (including phenoxy) is 2. The number of rotatable bonds is 5. The van der Waals surface area contributed by atoms with Crippen molar-refractivity contribution in [1.82, 2.24) is 0 Å². The van der Waals surface area contributed by atoms with Gasteiger partial charge in [0.1, 0.15) is 17.2 Å². The molecule has 7 nitrogen and oxygen atoms in total. The highest BCUT2D eigenvalue weighted by Gasteiger charge is 2.34. The van der Waals surface area contributed by atoms with Crippen LogP contribution < -0.4 is 19.1 Å². The Morgan fingerprint density at radius 1 is 0.967 bits per heavy atom. The minimum Gasteiger partial charge on any atom is -0.476 e. The quantitative estimate of drug-likeness (QED) is 0.676. The zero-order valence-electron chi connectivity index (χ0n) is 16.2. The molecule has 3 aromatic carbocycles. The molecule has 0 saturated heterocycles. The van der Waals surface area contributed by atoms with E-state index in [-0.39, 0.29) is 6.54 Å². The molecular formula is C22H20N2O5S. The van der Waals surface area contributed by atoms with Crippen LogP contribution >= 0.6 is 0 Å². The van der Waals surface area contributed by atoms with E-state index in [4.69, 9.17) is 9.47 Å². The highest BCUT2D eigenvalue weighted by atomic mass is 32.2. The number of nitrogens with one attached hydrogen (secondary N) is 1. The second kappa shape index (κ2) is 8.08. The van der Waals surface area contributed by atoms with Crippen molar-refractivity contribution in [1.29, 1.82) is 0 Å². The average molecular weight is 424 g/mol. The first kappa shape index (κ1) is 19.8. The number of carbonyl (C=O) groups excluding carboxylic acids is 1. The summed E-state index contributed by atoms with van der Waals surface area (Å²) in [5.41, 5.74) is 0.972. The van der Waals surface area contributed by atoms with E-state index in [1.807, 2.05) is 30.3 Å². The van der Waals surface area contributed by atoms with Gasteiger partial charge in [0.25, 0.3) is 5.91 Å². The molecule has 0 aromatic heterocycles. The van der Waals surface area contributed by atoms with Gasteiger partial charge in [-0.1, -0.05) is 30.3 Å². The Balaban J connectivity index is 1.46. The van der Waals surface area contributed by atoms with E-state index < -0.39 is 22.0 Å². The number of amides is 1. The highest BCUT2D eigenvalue weighted by molar-refractivity contribution is 7.92. The van der Waals surface area contributed by atoms with Crippen LogP contribution in [0.4, 0.5) is 11.4 Å². The summed E-state index contributed by atoms with van der Waals surface area (Å²) in [5, 5.41) is 2.76. The van der Waals surface area contributed by atoms with Gasteiger partial charge in [0, 0.05) is 5.69 Å². The first-order chi connectivity index (χ1) is 14.4. The molecule has 0 saturated carbocycles. The third-order valence-corrected chi connectivity index (χ3v) is 5.67. The summed E-state index contributed by atoms with van der Waals surface area (Å²) >= 11 is 0. The predicted molar refractivity (Wildman–Crippen MR) is 115 cm³/mol. The Labute approximate surface area is 174 Å². The van der Waals surface area contributed by atoms with Crippen LogP contribution in [0, 0.1) is 0 Å². The number of nitrogens with zero attached hydrogens (tertiary/aromatic N) is 1. The molecule has 0 spiro atoms. The molecule has 1 heterocycles. The number of benzene rings is 3. The summed E-state index contributed by atoms with van der Waals surface area (Å²) in [6.07, 6.45) is 0.130. The highest BCUT2D eigenvalue weighted by Crippen LogP contribution is 2.34. The zero-order valence-corrected chi connectivity index (χ0v) is 17.0. The fraction of sp³-hybridized carbons (Fsp3) is 0.136. The Morgan fingerprint density at radius 2 is 1.60 bits per heavy atom. The maximum atomic E-state index is 12.7. The number of hydrogen-bond donors (Lipinski definition) is 1. The lowest BCUT2D eigenvalue weighted by molar-refractivity contribution is -0.122. The standard InChI is InChI=1S/C22H20N2O5S/c1-30(26,27)24-15-21(29-20-10-6-5-9-19(20)24)22(25)23-16-11-13-18(14-12-16)28-17-7-3-2-4-8-17/h2-14,21H,15H2,1H3,(H,23,25)/t21-/m0/s1. The van der Waals surface area contributed by atoms with E-state index in [1.54, 1.807) is 48.5 Å². The first-order valence-electron chi connectivity index (χ1n) is 9.27. The molecule has 0 fully saturated rings. The molecule has 1 atom stereocenters. The van der Waals surface area contributed by atoms with Gasteiger partial charge in [0.05, 0.1) is 18.5 Å². The van der Waals surface area contributed by atoms with E-state index in [1.165, 1.54) is 4.31 Å². The zero-order chi connectivity index (χ0) is 21.1. The molecule has 1 aliphatic rings. The largest absolute Gasteiger partial charge is 0.476 e. The molecule has 1 N–H and O–H groups in total.